The van der Waals surface area contributed by atoms with Crippen LogP contribution in [0.2, 0.25) is 0 Å². The van der Waals surface area contributed by atoms with Crippen LogP contribution in [0.3, 0.4) is 0 Å². The first kappa shape index (κ1) is 19.6. The number of aryl methyl sites for hydroxylation is 3. The van der Waals surface area contributed by atoms with Gasteiger partial charge < -0.3 is 14.7 Å². The molecule has 0 unspecified atom stereocenters. The second kappa shape index (κ2) is 8.26. The molecule has 0 fully saturated rings. The Morgan fingerprint density at radius 1 is 1.18 bits per heavy atom. The van der Waals surface area contributed by atoms with Crippen LogP contribution < -0.4 is 16.6 Å². The number of hydrogen-bond donors (Lipinski definition) is 3. The Labute approximate surface area is 164 Å². The highest BCUT2D eigenvalue weighted by Crippen LogP contribution is 2.20. The second-order valence-corrected chi connectivity index (χ2v) is 7.23. The van der Waals surface area contributed by atoms with Gasteiger partial charge in [0.15, 0.2) is 0 Å². The van der Waals surface area contributed by atoms with E-state index in [0.29, 0.717) is 11.3 Å². The highest BCUT2D eigenvalue weighted by atomic mass is 32.2. The predicted molar refractivity (Wildman–Crippen MR) is 105 cm³/mol. The van der Waals surface area contributed by atoms with Gasteiger partial charge in [0.2, 0.25) is 11.8 Å². The van der Waals surface area contributed by atoms with Crippen molar-refractivity contribution in [1.82, 2.24) is 20.2 Å². The van der Waals surface area contributed by atoms with Crippen LogP contribution >= 0.6 is 11.8 Å². The first-order chi connectivity index (χ1) is 13.3. The molecule has 3 aromatic rings. The number of nitrogens with zero attached hydrogens (tertiary/aromatic N) is 2. The fraction of sp³-hybridized carbons (Fsp3) is 0.278. The summed E-state index contributed by atoms with van der Waals surface area (Å²) in [6.45, 7) is 5.50. The number of nitrogens with one attached hydrogen (secondary N) is 3. The van der Waals surface area contributed by atoms with Gasteiger partial charge in [0.25, 0.3) is 10.8 Å². The quantitative estimate of drug-likeness (QED) is 0.535. The summed E-state index contributed by atoms with van der Waals surface area (Å²) in [5.41, 5.74) is 2.52. The Balaban J connectivity index is 1.61. The van der Waals surface area contributed by atoms with Crippen molar-refractivity contribution in [3.05, 3.63) is 67.3 Å². The van der Waals surface area contributed by atoms with Crippen LogP contribution in [-0.2, 0) is 11.2 Å². The molecule has 0 bridgehead atoms. The van der Waals surface area contributed by atoms with Crippen molar-refractivity contribution in [2.45, 2.75) is 32.4 Å². The molecule has 28 heavy (non-hydrogen) atoms. The molecule has 1 aromatic carbocycles. The summed E-state index contributed by atoms with van der Waals surface area (Å²) in [5.74, 6) is 0.136. The van der Waals surface area contributed by atoms with Gasteiger partial charge in [0.1, 0.15) is 0 Å². The van der Waals surface area contributed by atoms with Crippen LogP contribution in [0.15, 0.2) is 37.4 Å². The summed E-state index contributed by atoms with van der Waals surface area (Å²) in [7, 11) is 0. The minimum absolute atomic E-state index is 0.0835. The fourth-order valence-corrected chi connectivity index (χ4v) is 3.12. The monoisotopic (exact) mass is 401 g/mol. The molecule has 0 aliphatic heterocycles. The van der Waals surface area contributed by atoms with Gasteiger partial charge in [-0.05, 0) is 38.0 Å². The van der Waals surface area contributed by atoms with Crippen molar-refractivity contribution in [3.8, 4) is 0 Å². The molecule has 0 radical (unpaired) electrons. The lowest BCUT2D eigenvalue weighted by Crippen LogP contribution is -2.27. The number of carbonyl (C=O) groups excluding carboxylic acids is 1. The maximum absolute atomic E-state index is 12.2. The van der Waals surface area contributed by atoms with Gasteiger partial charge in [-0.1, -0.05) is 23.9 Å². The number of amides is 1. The zero-order chi connectivity index (χ0) is 20.3. The second-order valence-electron chi connectivity index (χ2n) is 6.31. The topological polar surface area (TPSA) is 134 Å². The molecule has 3 N–H and O–H groups in total. The van der Waals surface area contributed by atoms with Crippen LogP contribution in [0.4, 0.5) is 5.69 Å². The van der Waals surface area contributed by atoms with E-state index in [9.17, 15) is 14.4 Å². The molecule has 3 rings (SSSR count). The molecule has 9 nitrogen and oxygen atoms in total. The van der Waals surface area contributed by atoms with Gasteiger partial charge in [-0.2, -0.15) is 0 Å². The third-order valence-electron chi connectivity index (χ3n) is 4.03. The van der Waals surface area contributed by atoms with Gasteiger partial charge in [-0.3, -0.25) is 14.6 Å². The van der Waals surface area contributed by atoms with E-state index in [2.05, 4.69) is 25.5 Å². The maximum atomic E-state index is 12.2. The largest absolute Gasteiger partial charge is 0.416 e. The molecule has 0 aliphatic rings. The van der Waals surface area contributed by atoms with Gasteiger partial charge in [-0.15, -0.1) is 10.2 Å². The van der Waals surface area contributed by atoms with E-state index in [1.807, 2.05) is 32.0 Å². The normalized spacial score (nSPS) is 10.8. The van der Waals surface area contributed by atoms with E-state index in [0.717, 1.165) is 28.6 Å². The van der Waals surface area contributed by atoms with E-state index in [-0.39, 0.29) is 29.2 Å². The number of H-pyrrole nitrogens is 2. The third kappa shape index (κ3) is 4.77. The van der Waals surface area contributed by atoms with Crippen molar-refractivity contribution in [3.63, 3.8) is 0 Å². The zero-order valence-corrected chi connectivity index (χ0v) is 16.4. The van der Waals surface area contributed by atoms with Crippen LogP contribution in [-0.4, -0.2) is 31.8 Å². The summed E-state index contributed by atoms with van der Waals surface area (Å²) in [6.07, 6.45) is 0.0835. The summed E-state index contributed by atoms with van der Waals surface area (Å²) in [4.78, 5) is 40.0. The Hall–Kier alpha value is -3.14. The lowest BCUT2D eigenvalue weighted by Gasteiger charge is -2.08. The van der Waals surface area contributed by atoms with Crippen molar-refractivity contribution in [2.75, 3.05) is 11.1 Å². The van der Waals surface area contributed by atoms with Gasteiger partial charge in [0.05, 0.1) is 12.2 Å². The average Bonchev–Trinajstić information content (AvgIpc) is 3.07. The predicted octanol–water partition coefficient (Wildman–Crippen LogP) is 1.69. The SMILES string of the molecule is Cc1ccc(C)c(NC(=O)CSc2nnc(Cc3c(C)[nH]c(=O)[nH]c3=O)o2)c1. The summed E-state index contributed by atoms with van der Waals surface area (Å²) < 4.78 is 5.49. The van der Waals surface area contributed by atoms with Gasteiger partial charge in [0, 0.05) is 16.9 Å². The van der Waals surface area contributed by atoms with Gasteiger partial charge in [-0.25, -0.2) is 4.79 Å². The number of benzene rings is 1. The summed E-state index contributed by atoms with van der Waals surface area (Å²) in [5, 5.41) is 10.9. The van der Waals surface area contributed by atoms with Gasteiger partial charge >= 0.3 is 5.69 Å². The zero-order valence-electron chi connectivity index (χ0n) is 15.6. The molecule has 0 saturated heterocycles. The van der Waals surface area contributed by atoms with E-state index in [1.54, 1.807) is 6.92 Å². The van der Waals surface area contributed by atoms with E-state index in [4.69, 9.17) is 4.42 Å². The van der Waals surface area contributed by atoms with E-state index in [1.165, 1.54) is 0 Å². The molecule has 0 saturated carbocycles. The summed E-state index contributed by atoms with van der Waals surface area (Å²) in [6, 6.07) is 5.84. The molecule has 10 heteroatoms. The van der Waals surface area contributed by atoms with Crippen molar-refractivity contribution >= 4 is 23.4 Å². The van der Waals surface area contributed by atoms with Crippen LogP contribution in [0.25, 0.3) is 0 Å². The van der Waals surface area contributed by atoms with Crippen LogP contribution in [0.1, 0.15) is 28.3 Å². The van der Waals surface area contributed by atoms with E-state index >= 15 is 0 Å². The number of carbonyl (C=O) groups is 1. The number of aromatic nitrogens is 4. The first-order valence-electron chi connectivity index (χ1n) is 8.46. The maximum Gasteiger partial charge on any atom is 0.325 e. The molecule has 146 valence electrons. The number of anilines is 1. The molecular weight excluding hydrogens is 382 g/mol. The Morgan fingerprint density at radius 3 is 2.71 bits per heavy atom. The minimum atomic E-state index is -0.567. The number of thioether (sulfide) groups is 1. The molecule has 2 heterocycles. The lowest BCUT2D eigenvalue weighted by atomic mass is 10.1. The molecule has 0 spiro atoms. The standard InChI is InChI=1S/C18H19N5O4S/c1-9-4-5-10(2)13(6-9)20-14(24)8-28-18-23-22-15(27-18)7-12-11(3)19-17(26)21-16(12)25/h4-6H,7-8H2,1-3H3,(H,20,24)(H2,19,21,25,26). The Bertz CT molecular complexity index is 1130. The van der Waals surface area contributed by atoms with E-state index < -0.39 is 11.2 Å². The Kier molecular flexibility index (Phi) is 5.78. The van der Waals surface area contributed by atoms with Crippen molar-refractivity contribution in [2.24, 2.45) is 0 Å². The molecule has 0 aliphatic carbocycles. The highest BCUT2D eigenvalue weighted by Gasteiger charge is 2.14. The molecule has 2 aromatic heterocycles. The van der Waals surface area contributed by atoms with Crippen LogP contribution in [0, 0.1) is 20.8 Å². The fourth-order valence-electron chi connectivity index (χ4n) is 2.54. The first-order valence-corrected chi connectivity index (χ1v) is 9.44. The number of hydrogen-bond acceptors (Lipinski definition) is 7. The third-order valence-corrected chi connectivity index (χ3v) is 4.84. The van der Waals surface area contributed by atoms with Crippen molar-refractivity contribution in [1.29, 1.82) is 0 Å². The summed E-state index contributed by atoms with van der Waals surface area (Å²) >= 11 is 1.10. The van der Waals surface area contributed by atoms with Crippen molar-refractivity contribution < 1.29 is 9.21 Å². The average molecular weight is 401 g/mol. The lowest BCUT2D eigenvalue weighted by molar-refractivity contribution is -0.113. The molecule has 0 atom stereocenters. The minimum Gasteiger partial charge on any atom is -0.416 e. The number of rotatable bonds is 6. The molecular formula is C18H19N5O4S. The Morgan fingerprint density at radius 2 is 1.96 bits per heavy atom. The number of aromatic amines is 2. The van der Waals surface area contributed by atoms with Crippen LogP contribution in [0.5, 0.6) is 0 Å². The smallest absolute Gasteiger partial charge is 0.325 e. The highest BCUT2D eigenvalue weighted by molar-refractivity contribution is 7.99. The molecule has 1 amide bonds.